The number of furan rings is 1. The lowest BCUT2D eigenvalue weighted by molar-refractivity contribution is 0.571. The van der Waals surface area contributed by atoms with Crippen molar-refractivity contribution in [3.63, 3.8) is 0 Å². The van der Waals surface area contributed by atoms with Crippen LogP contribution in [0.15, 0.2) is 74.9 Å². The first-order chi connectivity index (χ1) is 13.6. The monoisotopic (exact) mass is 450 g/mol. The van der Waals surface area contributed by atoms with Gasteiger partial charge in [-0.25, -0.2) is 9.37 Å². The van der Waals surface area contributed by atoms with Gasteiger partial charge in [-0.2, -0.15) is 5.26 Å². The molecule has 0 unspecified atom stereocenters. The summed E-state index contributed by atoms with van der Waals surface area (Å²) in [6, 6.07) is 19.7. The number of hydrogen-bond acceptors (Lipinski definition) is 4. The van der Waals surface area contributed by atoms with E-state index < -0.39 is 0 Å². The lowest BCUT2D eigenvalue weighted by Crippen LogP contribution is -1.82. The topological polar surface area (TPSA) is 49.8 Å². The fourth-order valence-corrected chi connectivity index (χ4v) is 3.69. The van der Waals surface area contributed by atoms with Crippen molar-refractivity contribution in [2.75, 3.05) is 0 Å². The van der Waals surface area contributed by atoms with E-state index in [4.69, 9.17) is 4.42 Å². The van der Waals surface area contributed by atoms with Gasteiger partial charge in [-0.05, 0) is 48.5 Å². The summed E-state index contributed by atoms with van der Waals surface area (Å²) >= 11 is 4.83. The number of nitriles is 1. The van der Waals surface area contributed by atoms with Crippen LogP contribution < -0.4 is 0 Å². The summed E-state index contributed by atoms with van der Waals surface area (Å²) in [5, 5.41) is 12.1. The van der Waals surface area contributed by atoms with Gasteiger partial charge in [-0.3, -0.25) is 0 Å². The Bertz CT molecular complexity index is 1180. The summed E-state index contributed by atoms with van der Waals surface area (Å²) in [4.78, 5) is 4.58. The molecule has 0 saturated carbocycles. The zero-order valence-corrected chi connectivity index (χ0v) is 16.8. The van der Waals surface area contributed by atoms with Gasteiger partial charge in [0.1, 0.15) is 28.4 Å². The quantitative estimate of drug-likeness (QED) is 0.313. The molecule has 0 radical (unpaired) electrons. The normalized spacial score (nSPS) is 11.4. The number of hydrogen-bond donors (Lipinski definition) is 0. The highest BCUT2D eigenvalue weighted by atomic mass is 79.9. The van der Waals surface area contributed by atoms with Crippen molar-refractivity contribution in [3.05, 3.63) is 87.1 Å². The van der Waals surface area contributed by atoms with E-state index in [1.807, 2.05) is 29.6 Å². The molecule has 28 heavy (non-hydrogen) atoms. The van der Waals surface area contributed by atoms with Crippen molar-refractivity contribution in [1.29, 1.82) is 5.26 Å². The Hall–Kier alpha value is -3.01. The van der Waals surface area contributed by atoms with Crippen LogP contribution in [-0.4, -0.2) is 4.98 Å². The van der Waals surface area contributed by atoms with Crippen molar-refractivity contribution < 1.29 is 8.81 Å². The van der Waals surface area contributed by atoms with Crippen LogP contribution in [0.3, 0.4) is 0 Å². The maximum atomic E-state index is 13.1. The van der Waals surface area contributed by atoms with Gasteiger partial charge in [0.2, 0.25) is 0 Å². The first kappa shape index (κ1) is 18.4. The molecular weight excluding hydrogens is 439 g/mol. The van der Waals surface area contributed by atoms with E-state index in [-0.39, 0.29) is 5.82 Å². The van der Waals surface area contributed by atoms with Gasteiger partial charge in [-0.1, -0.05) is 28.1 Å². The van der Waals surface area contributed by atoms with Gasteiger partial charge in [0.15, 0.2) is 0 Å². The number of nitrogens with zero attached hydrogens (tertiary/aromatic N) is 2. The molecule has 0 spiro atoms. The highest BCUT2D eigenvalue weighted by Gasteiger charge is 2.11. The standard InChI is InChI=1S/C22H12BrFN2OS/c23-17-5-1-14(2-6-17)20-13-28-22(26-20)16(12-25)11-19-9-10-21(27-19)15-3-7-18(24)8-4-15/h1-11,13H/b16-11+. The number of halogens is 2. The van der Waals surface area contributed by atoms with Gasteiger partial charge in [0.05, 0.1) is 11.3 Å². The number of benzene rings is 2. The summed E-state index contributed by atoms with van der Waals surface area (Å²) in [5.74, 6) is 0.849. The van der Waals surface area contributed by atoms with Crippen molar-refractivity contribution in [2.45, 2.75) is 0 Å². The van der Waals surface area contributed by atoms with Gasteiger partial charge in [-0.15, -0.1) is 11.3 Å². The molecule has 0 saturated heterocycles. The Balaban J connectivity index is 1.61. The minimum absolute atomic E-state index is 0.299. The average Bonchev–Trinajstić information content (AvgIpc) is 3.37. The van der Waals surface area contributed by atoms with Crippen LogP contribution in [0, 0.1) is 17.1 Å². The van der Waals surface area contributed by atoms with Gasteiger partial charge < -0.3 is 4.42 Å². The van der Waals surface area contributed by atoms with E-state index in [9.17, 15) is 9.65 Å². The van der Waals surface area contributed by atoms with Crippen LogP contribution in [0.2, 0.25) is 0 Å². The van der Waals surface area contributed by atoms with Crippen molar-refractivity contribution in [3.8, 4) is 28.7 Å². The molecule has 3 nitrogen and oxygen atoms in total. The van der Waals surface area contributed by atoms with Crippen LogP contribution >= 0.6 is 27.3 Å². The molecule has 0 aliphatic heterocycles. The second kappa shape index (κ2) is 7.93. The molecule has 0 amide bonds. The van der Waals surface area contributed by atoms with E-state index in [0.29, 0.717) is 22.1 Å². The highest BCUT2D eigenvalue weighted by molar-refractivity contribution is 9.10. The van der Waals surface area contributed by atoms with Crippen LogP contribution in [0.4, 0.5) is 4.39 Å². The van der Waals surface area contributed by atoms with E-state index in [1.165, 1.54) is 23.5 Å². The van der Waals surface area contributed by atoms with Crippen molar-refractivity contribution >= 4 is 38.9 Å². The molecule has 2 heterocycles. The molecule has 0 N–H and O–H groups in total. The third-order valence-corrected chi connectivity index (χ3v) is 5.44. The van der Waals surface area contributed by atoms with E-state index in [2.05, 4.69) is 27.0 Å². The minimum Gasteiger partial charge on any atom is -0.457 e. The molecule has 0 aliphatic rings. The van der Waals surface area contributed by atoms with Crippen LogP contribution in [-0.2, 0) is 0 Å². The lowest BCUT2D eigenvalue weighted by Gasteiger charge is -1.97. The Kier molecular flexibility index (Phi) is 5.20. The van der Waals surface area contributed by atoms with Crippen molar-refractivity contribution in [1.82, 2.24) is 4.98 Å². The molecule has 4 aromatic rings. The third kappa shape index (κ3) is 3.96. The predicted molar refractivity (Wildman–Crippen MR) is 113 cm³/mol. The van der Waals surface area contributed by atoms with Gasteiger partial charge in [0, 0.05) is 27.1 Å². The number of allylic oxidation sites excluding steroid dienone is 1. The molecule has 0 fully saturated rings. The van der Waals surface area contributed by atoms with E-state index in [0.717, 1.165) is 21.3 Å². The molecule has 4 rings (SSSR count). The Morgan fingerprint density at radius 1 is 1.04 bits per heavy atom. The maximum absolute atomic E-state index is 13.1. The van der Waals surface area contributed by atoms with Gasteiger partial charge >= 0.3 is 0 Å². The fourth-order valence-electron chi connectivity index (χ4n) is 2.63. The average molecular weight is 451 g/mol. The van der Waals surface area contributed by atoms with Gasteiger partial charge in [0.25, 0.3) is 0 Å². The Morgan fingerprint density at radius 3 is 2.46 bits per heavy atom. The first-order valence-corrected chi connectivity index (χ1v) is 9.99. The van der Waals surface area contributed by atoms with Crippen LogP contribution in [0.25, 0.3) is 34.2 Å². The minimum atomic E-state index is -0.299. The Morgan fingerprint density at radius 2 is 1.75 bits per heavy atom. The Labute approximate surface area is 173 Å². The smallest absolute Gasteiger partial charge is 0.134 e. The second-order valence-electron chi connectivity index (χ2n) is 5.92. The van der Waals surface area contributed by atoms with E-state index >= 15 is 0 Å². The number of rotatable bonds is 4. The summed E-state index contributed by atoms with van der Waals surface area (Å²) in [7, 11) is 0. The molecule has 0 bridgehead atoms. The molecule has 0 aliphatic carbocycles. The largest absolute Gasteiger partial charge is 0.457 e. The summed E-state index contributed by atoms with van der Waals surface area (Å²) in [6.07, 6.45) is 1.66. The summed E-state index contributed by atoms with van der Waals surface area (Å²) < 4.78 is 19.9. The van der Waals surface area contributed by atoms with Crippen molar-refractivity contribution in [2.24, 2.45) is 0 Å². The molecule has 136 valence electrons. The first-order valence-electron chi connectivity index (χ1n) is 8.32. The van der Waals surface area contributed by atoms with E-state index in [1.54, 1.807) is 30.3 Å². The summed E-state index contributed by atoms with van der Waals surface area (Å²) in [6.45, 7) is 0. The highest BCUT2D eigenvalue weighted by Crippen LogP contribution is 2.29. The fraction of sp³-hybridized carbons (Fsp3) is 0. The zero-order valence-electron chi connectivity index (χ0n) is 14.4. The SMILES string of the molecule is N#C/C(=C\c1ccc(-c2ccc(F)cc2)o1)c1nc(-c2ccc(Br)cc2)cs1. The lowest BCUT2D eigenvalue weighted by atomic mass is 10.2. The summed E-state index contributed by atoms with van der Waals surface area (Å²) in [5.41, 5.74) is 3.00. The predicted octanol–water partition coefficient (Wildman–Crippen LogP) is 7.04. The second-order valence-corrected chi connectivity index (χ2v) is 7.70. The zero-order chi connectivity index (χ0) is 19.5. The van der Waals surface area contributed by atoms with Crippen LogP contribution in [0.1, 0.15) is 10.8 Å². The molecule has 0 atom stereocenters. The molecule has 6 heteroatoms. The molecular formula is C22H12BrFN2OS. The third-order valence-electron chi connectivity index (χ3n) is 4.04. The maximum Gasteiger partial charge on any atom is 0.134 e. The number of aromatic nitrogens is 1. The van der Waals surface area contributed by atoms with Crippen LogP contribution in [0.5, 0.6) is 0 Å². The molecule has 2 aromatic carbocycles. The number of thiazole rings is 1. The molecule has 2 aromatic heterocycles.